The van der Waals surface area contributed by atoms with Crippen LogP contribution in [0.2, 0.25) is 0 Å². The molecule has 1 aliphatic heterocycles. The molecule has 0 saturated heterocycles. The van der Waals surface area contributed by atoms with E-state index in [-0.39, 0.29) is 5.56 Å². The molecule has 134 valence electrons. The summed E-state index contributed by atoms with van der Waals surface area (Å²) in [6.45, 7) is 1.29. The van der Waals surface area contributed by atoms with Crippen LogP contribution in [-0.4, -0.2) is 42.2 Å². The average Bonchev–Trinajstić information content (AvgIpc) is 2.60. The van der Waals surface area contributed by atoms with Crippen molar-refractivity contribution >= 4 is 10.2 Å². The maximum Gasteiger partial charge on any atom is 0.281 e. The Bertz CT molecular complexity index is 905. The van der Waals surface area contributed by atoms with Crippen molar-refractivity contribution in [3.8, 4) is 0 Å². The smallest absolute Gasteiger partial charge is 0.281 e. The number of benzene rings is 1. The largest absolute Gasteiger partial charge is 0.315 e. The first-order valence-electron chi connectivity index (χ1n) is 8.31. The van der Waals surface area contributed by atoms with E-state index in [9.17, 15) is 13.2 Å². The van der Waals surface area contributed by atoms with Crippen molar-refractivity contribution in [3.05, 3.63) is 69.6 Å². The van der Waals surface area contributed by atoms with Crippen molar-refractivity contribution < 1.29 is 8.42 Å². The van der Waals surface area contributed by atoms with E-state index in [4.69, 9.17) is 0 Å². The Morgan fingerprint density at radius 2 is 1.84 bits per heavy atom. The van der Waals surface area contributed by atoms with Crippen LogP contribution in [0.25, 0.3) is 0 Å². The zero-order chi connectivity index (χ0) is 18.0. The molecule has 25 heavy (non-hydrogen) atoms. The number of nitrogens with zero attached hydrogens (tertiary/aromatic N) is 3. The molecule has 0 fully saturated rings. The summed E-state index contributed by atoms with van der Waals surface area (Å²) in [5.74, 6) is 0. The molecular weight excluding hydrogens is 338 g/mol. The third kappa shape index (κ3) is 3.84. The van der Waals surface area contributed by atoms with Crippen LogP contribution in [-0.2, 0) is 36.1 Å². The predicted octanol–water partition coefficient (Wildman–Crippen LogP) is 1.26. The number of aromatic nitrogens is 1. The first kappa shape index (κ1) is 17.8. The van der Waals surface area contributed by atoms with Gasteiger partial charge in [0.2, 0.25) is 0 Å². The lowest BCUT2D eigenvalue weighted by Crippen LogP contribution is -2.43. The third-order valence-corrected chi connectivity index (χ3v) is 6.44. The summed E-state index contributed by atoms with van der Waals surface area (Å²) in [5, 5.41) is 0. The van der Waals surface area contributed by atoms with E-state index in [0.717, 1.165) is 17.5 Å². The fourth-order valence-electron chi connectivity index (χ4n) is 3.05. The summed E-state index contributed by atoms with van der Waals surface area (Å²) in [6.07, 6.45) is 3.15. The van der Waals surface area contributed by atoms with Gasteiger partial charge in [0.05, 0.1) is 0 Å². The Morgan fingerprint density at radius 3 is 2.52 bits per heavy atom. The molecule has 0 bridgehead atoms. The van der Waals surface area contributed by atoms with Gasteiger partial charge in [0, 0.05) is 46.0 Å². The molecule has 0 amide bonds. The Morgan fingerprint density at radius 1 is 1.12 bits per heavy atom. The van der Waals surface area contributed by atoms with Gasteiger partial charge >= 0.3 is 0 Å². The molecule has 0 atom stereocenters. The Labute approximate surface area is 148 Å². The van der Waals surface area contributed by atoms with Gasteiger partial charge in [-0.2, -0.15) is 17.0 Å². The lowest BCUT2D eigenvalue weighted by atomic mass is 10.0. The van der Waals surface area contributed by atoms with Gasteiger partial charge in [-0.1, -0.05) is 30.3 Å². The molecule has 7 heteroatoms. The highest BCUT2D eigenvalue weighted by Gasteiger charge is 2.28. The molecule has 0 aliphatic carbocycles. The first-order chi connectivity index (χ1) is 11.9. The first-order valence-corrected chi connectivity index (χ1v) is 9.71. The highest BCUT2D eigenvalue weighted by molar-refractivity contribution is 7.86. The number of rotatable bonds is 5. The molecule has 0 spiro atoms. The highest BCUT2D eigenvalue weighted by atomic mass is 32.2. The topological polar surface area (TPSA) is 62.6 Å². The zero-order valence-electron chi connectivity index (χ0n) is 14.6. The van der Waals surface area contributed by atoms with E-state index in [2.05, 4.69) is 0 Å². The number of hydrogen-bond acceptors (Lipinski definition) is 3. The minimum atomic E-state index is -3.44. The van der Waals surface area contributed by atoms with E-state index >= 15 is 0 Å². The molecule has 1 aliphatic rings. The van der Waals surface area contributed by atoms with E-state index in [1.54, 1.807) is 10.6 Å². The molecule has 3 rings (SSSR count). The summed E-state index contributed by atoms with van der Waals surface area (Å²) >= 11 is 0. The van der Waals surface area contributed by atoms with Gasteiger partial charge in [-0.3, -0.25) is 4.79 Å². The van der Waals surface area contributed by atoms with Crippen LogP contribution < -0.4 is 5.56 Å². The minimum absolute atomic E-state index is 0.0291. The molecule has 0 radical (unpaired) electrons. The second-order valence-electron chi connectivity index (χ2n) is 6.46. The number of pyridine rings is 1. The molecule has 6 nitrogen and oxygen atoms in total. The van der Waals surface area contributed by atoms with Crippen LogP contribution in [0.5, 0.6) is 0 Å². The van der Waals surface area contributed by atoms with Crippen LogP contribution >= 0.6 is 0 Å². The van der Waals surface area contributed by atoms with E-state index < -0.39 is 10.2 Å². The van der Waals surface area contributed by atoms with Gasteiger partial charge in [0.25, 0.3) is 15.8 Å². The maximum absolute atomic E-state index is 12.3. The van der Waals surface area contributed by atoms with Crippen LogP contribution in [0.1, 0.15) is 16.7 Å². The second-order valence-corrected chi connectivity index (χ2v) is 8.61. The van der Waals surface area contributed by atoms with Crippen LogP contribution in [0.15, 0.2) is 47.4 Å². The molecule has 0 saturated carbocycles. The fourth-order valence-corrected chi connectivity index (χ4v) is 4.13. The lowest BCUT2D eigenvalue weighted by Gasteiger charge is -2.30. The Hall–Kier alpha value is -1.96. The summed E-state index contributed by atoms with van der Waals surface area (Å²) in [7, 11) is -0.375. The number of fused-ring (bicyclic) bond motifs is 1. The van der Waals surface area contributed by atoms with Gasteiger partial charge in [0.1, 0.15) is 0 Å². The third-order valence-electron chi connectivity index (χ3n) is 4.55. The molecular formula is C18H23N3O3S. The van der Waals surface area contributed by atoms with Crippen LogP contribution in [0.3, 0.4) is 0 Å². The molecule has 0 unspecified atom stereocenters. The normalized spacial score (nSPS) is 15.3. The standard InChI is InChI=1S/C18H23N3O3S/c1-19(2)25(23,24)21-11-9-16-12-18(22)20(13-17(16)14-21)10-8-15-6-4-3-5-7-15/h3-7,12-13H,8-11,14H2,1-2H3. The van der Waals surface area contributed by atoms with Crippen molar-refractivity contribution in [2.75, 3.05) is 20.6 Å². The van der Waals surface area contributed by atoms with Crippen molar-refractivity contribution in [3.63, 3.8) is 0 Å². The molecule has 2 aromatic rings. The number of aryl methyl sites for hydroxylation is 2. The quantitative estimate of drug-likeness (QED) is 0.805. The molecule has 2 heterocycles. The van der Waals surface area contributed by atoms with Crippen LogP contribution in [0, 0.1) is 0 Å². The highest BCUT2D eigenvalue weighted by Crippen LogP contribution is 2.20. The SMILES string of the molecule is CN(C)S(=O)(=O)N1CCc2cc(=O)n(CCc3ccccc3)cc2C1. The van der Waals surface area contributed by atoms with Gasteiger partial charge in [-0.05, 0) is 29.5 Å². The van der Waals surface area contributed by atoms with Gasteiger partial charge in [-0.15, -0.1) is 0 Å². The molecule has 1 aromatic heterocycles. The van der Waals surface area contributed by atoms with Gasteiger partial charge in [-0.25, -0.2) is 0 Å². The summed E-state index contributed by atoms with van der Waals surface area (Å²) in [5.41, 5.74) is 3.00. The summed E-state index contributed by atoms with van der Waals surface area (Å²) in [4.78, 5) is 12.3. The second kappa shape index (κ2) is 7.11. The van der Waals surface area contributed by atoms with E-state index in [1.807, 2.05) is 36.5 Å². The zero-order valence-corrected chi connectivity index (χ0v) is 15.4. The molecule has 0 N–H and O–H groups in total. The fraction of sp³-hybridized carbons (Fsp3) is 0.389. The minimum Gasteiger partial charge on any atom is -0.315 e. The summed E-state index contributed by atoms with van der Waals surface area (Å²) < 4.78 is 29.0. The van der Waals surface area contributed by atoms with Crippen molar-refractivity contribution in [1.29, 1.82) is 0 Å². The van der Waals surface area contributed by atoms with Crippen molar-refractivity contribution in [2.24, 2.45) is 0 Å². The molecule has 1 aromatic carbocycles. The van der Waals surface area contributed by atoms with Crippen molar-refractivity contribution in [1.82, 2.24) is 13.2 Å². The van der Waals surface area contributed by atoms with Gasteiger partial charge in [0.15, 0.2) is 0 Å². The Balaban J connectivity index is 1.82. The predicted molar refractivity (Wildman–Crippen MR) is 97.6 cm³/mol. The van der Waals surface area contributed by atoms with E-state index in [1.165, 1.54) is 28.3 Å². The van der Waals surface area contributed by atoms with E-state index in [0.29, 0.717) is 26.1 Å². The average molecular weight is 361 g/mol. The summed E-state index contributed by atoms with van der Waals surface area (Å²) in [6, 6.07) is 11.7. The van der Waals surface area contributed by atoms with Gasteiger partial charge < -0.3 is 4.57 Å². The Kier molecular flexibility index (Phi) is 5.08. The van der Waals surface area contributed by atoms with Crippen LogP contribution in [0.4, 0.5) is 0 Å². The van der Waals surface area contributed by atoms with Crippen molar-refractivity contribution in [2.45, 2.75) is 25.9 Å². The monoisotopic (exact) mass is 361 g/mol. The number of hydrogen-bond donors (Lipinski definition) is 0. The lowest BCUT2D eigenvalue weighted by molar-refractivity contribution is 0.356. The maximum atomic E-state index is 12.3.